The zero-order valence-electron chi connectivity index (χ0n) is 12.4. The van der Waals surface area contributed by atoms with Crippen LogP contribution in [0.1, 0.15) is 12.0 Å². The molecule has 1 aromatic rings. The van der Waals surface area contributed by atoms with E-state index >= 15 is 0 Å². The summed E-state index contributed by atoms with van der Waals surface area (Å²) in [5.74, 6) is -0.832. The molecule has 1 rings (SSSR count). The Labute approximate surface area is 130 Å². The fraction of sp³-hybridized carbons (Fsp3) is 0.538. The third-order valence-corrected chi connectivity index (χ3v) is 5.14. The molecule has 8 heteroatoms. The van der Waals surface area contributed by atoms with E-state index in [-0.39, 0.29) is 17.1 Å². The molecule has 0 saturated carbocycles. The number of hydrogen-bond donors (Lipinski definition) is 1. The van der Waals surface area contributed by atoms with E-state index in [0.29, 0.717) is 13.0 Å². The third kappa shape index (κ3) is 4.62. The Morgan fingerprint density at radius 3 is 2.38 bits per heavy atom. The van der Waals surface area contributed by atoms with Crippen molar-refractivity contribution < 1.29 is 12.8 Å². The zero-order valence-corrected chi connectivity index (χ0v) is 14.0. The Hall–Kier alpha value is -0.730. The first-order valence-electron chi connectivity index (χ1n) is 6.49. The van der Waals surface area contributed by atoms with Crippen molar-refractivity contribution in [3.8, 4) is 0 Å². The molecule has 120 valence electrons. The minimum atomic E-state index is -3.92. The van der Waals surface area contributed by atoms with Gasteiger partial charge in [-0.2, -0.15) is 0 Å². The predicted molar refractivity (Wildman–Crippen MR) is 82.3 cm³/mol. The lowest BCUT2D eigenvalue weighted by atomic mass is 10.2. The van der Waals surface area contributed by atoms with Crippen molar-refractivity contribution in [3.63, 3.8) is 0 Å². The highest BCUT2D eigenvalue weighted by Gasteiger charge is 2.26. The van der Waals surface area contributed by atoms with Gasteiger partial charge in [0.25, 0.3) is 0 Å². The van der Waals surface area contributed by atoms with Gasteiger partial charge >= 0.3 is 0 Å². The number of rotatable bonds is 7. The average Bonchev–Trinajstić information content (AvgIpc) is 2.40. The maximum atomic E-state index is 14.2. The maximum absolute atomic E-state index is 14.2. The standard InChI is InChI=1S/C13H21ClFN3O2S/c1-17(2)5-4-6-18(3)21(19,20)12-8-11(14)7-10(9-16)13(12)15/h7-8H,4-6,9,16H2,1-3H3. The van der Waals surface area contributed by atoms with Crippen molar-refractivity contribution in [3.05, 3.63) is 28.5 Å². The summed E-state index contributed by atoms with van der Waals surface area (Å²) < 4.78 is 40.2. The SMILES string of the molecule is CN(C)CCCN(C)S(=O)(=O)c1cc(Cl)cc(CN)c1F. The van der Waals surface area contributed by atoms with Gasteiger partial charge in [-0.05, 0) is 39.2 Å². The van der Waals surface area contributed by atoms with Gasteiger partial charge < -0.3 is 10.6 Å². The second kappa shape index (κ2) is 7.51. The number of nitrogens with zero attached hydrogens (tertiary/aromatic N) is 2. The first-order chi connectivity index (χ1) is 9.70. The van der Waals surface area contributed by atoms with Gasteiger partial charge in [-0.3, -0.25) is 0 Å². The van der Waals surface area contributed by atoms with Crippen LogP contribution in [0.4, 0.5) is 4.39 Å². The monoisotopic (exact) mass is 337 g/mol. The van der Waals surface area contributed by atoms with Crippen LogP contribution in [0.25, 0.3) is 0 Å². The minimum absolute atomic E-state index is 0.0859. The molecule has 0 amide bonds. The lowest BCUT2D eigenvalue weighted by Gasteiger charge is -2.19. The Morgan fingerprint density at radius 1 is 1.24 bits per heavy atom. The fourth-order valence-corrected chi connectivity index (χ4v) is 3.50. The van der Waals surface area contributed by atoms with Crippen LogP contribution in [0.3, 0.4) is 0 Å². The van der Waals surface area contributed by atoms with Crippen LogP contribution in [0, 0.1) is 5.82 Å². The molecule has 0 radical (unpaired) electrons. The smallest absolute Gasteiger partial charge is 0.245 e. The van der Waals surface area contributed by atoms with E-state index in [1.807, 2.05) is 19.0 Å². The van der Waals surface area contributed by atoms with E-state index in [1.54, 1.807) is 0 Å². The van der Waals surface area contributed by atoms with Gasteiger partial charge in [-0.1, -0.05) is 11.6 Å². The average molecular weight is 338 g/mol. The first kappa shape index (κ1) is 18.3. The van der Waals surface area contributed by atoms with E-state index < -0.39 is 20.7 Å². The lowest BCUT2D eigenvalue weighted by molar-refractivity contribution is 0.369. The van der Waals surface area contributed by atoms with E-state index in [9.17, 15) is 12.8 Å². The van der Waals surface area contributed by atoms with Gasteiger partial charge in [0.2, 0.25) is 10.0 Å². The Kier molecular flexibility index (Phi) is 6.55. The molecule has 0 saturated heterocycles. The van der Waals surface area contributed by atoms with E-state index in [1.165, 1.54) is 13.1 Å². The quantitative estimate of drug-likeness (QED) is 0.819. The van der Waals surface area contributed by atoms with Gasteiger partial charge in [0.05, 0.1) is 0 Å². The van der Waals surface area contributed by atoms with Crippen LogP contribution in [-0.2, 0) is 16.6 Å². The summed E-state index contributed by atoms with van der Waals surface area (Å²) in [7, 11) is 1.30. The van der Waals surface area contributed by atoms with E-state index in [0.717, 1.165) is 16.9 Å². The zero-order chi connectivity index (χ0) is 16.2. The molecule has 0 aliphatic rings. The normalized spacial score (nSPS) is 12.4. The summed E-state index contributed by atoms with van der Waals surface area (Å²) in [6.07, 6.45) is 0.647. The molecule has 0 fully saturated rings. The second-order valence-corrected chi connectivity index (χ2v) is 7.51. The van der Waals surface area contributed by atoms with Crippen LogP contribution in [0.5, 0.6) is 0 Å². The molecule has 2 N–H and O–H groups in total. The molecule has 0 aliphatic heterocycles. The summed E-state index contributed by atoms with van der Waals surface area (Å²) in [4.78, 5) is 1.52. The van der Waals surface area contributed by atoms with Crippen molar-refractivity contribution in [2.24, 2.45) is 5.73 Å². The van der Waals surface area contributed by atoms with Gasteiger partial charge in [0.15, 0.2) is 0 Å². The molecule has 0 spiro atoms. The van der Waals surface area contributed by atoms with Crippen LogP contribution in [-0.4, -0.2) is 51.9 Å². The second-order valence-electron chi connectivity index (χ2n) is 5.06. The van der Waals surface area contributed by atoms with Crippen LogP contribution in [0.15, 0.2) is 17.0 Å². The van der Waals surface area contributed by atoms with Gasteiger partial charge in [0.1, 0.15) is 10.7 Å². The van der Waals surface area contributed by atoms with Gasteiger partial charge in [0, 0.05) is 30.7 Å². The Bertz CT molecular complexity index is 593. The predicted octanol–water partition coefficient (Wildman–Crippen LogP) is 1.51. The van der Waals surface area contributed by atoms with Crippen molar-refractivity contribution in [1.29, 1.82) is 0 Å². The molecule has 21 heavy (non-hydrogen) atoms. The summed E-state index contributed by atoms with van der Waals surface area (Å²) in [6, 6.07) is 2.45. The molecule has 0 unspecified atom stereocenters. The van der Waals surface area contributed by atoms with E-state index in [2.05, 4.69) is 0 Å². The number of benzene rings is 1. The van der Waals surface area contributed by atoms with Crippen LogP contribution < -0.4 is 5.73 Å². The Morgan fingerprint density at radius 2 is 1.86 bits per heavy atom. The highest BCUT2D eigenvalue weighted by atomic mass is 35.5. The van der Waals surface area contributed by atoms with Crippen LogP contribution in [0.2, 0.25) is 5.02 Å². The minimum Gasteiger partial charge on any atom is -0.326 e. The van der Waals surface area contributed by atoms with Crippen molar-refractivity contribution in [2.75, 3.05) is 34.2 Å². The first-order valence-corrected chi connectivity index (χ1v) is 8.31. The lowest BCUT2D eigenvalue weighted by Crippen LogP contribution is -2.30. The molecular weight excluding hydrogens is 317 g/mol. The van der Waals surface area contributed by atoms with Crippen molar-refractivity contribution in [2.45, 2.75) is 17.9 Å². The molecule has 0 heterocycles. The van der Waals surface area contributed by atoms with Crippen molar-refractivity contribution >= 4 is 21.6 Å². The summed E-state index contributed by atoms with van der Waals surface area (Å²) >= 11 is 5.85. The van der Waals surface area contributed by atoms with Gasteiger partial charge in [-0.25, -0.2) is 17.1 Å². The summed E-state index contributed by atoms with van der Waals surface area (Å²) in [6.45, 7) is 0.926. The number of sulfonamides is 1. The van der Waals surface area contributed by atoms with E-state index in [4.69, 9.17) is 17.3 Å². The van der Waals surface area contributed by atoms with Crippen molar-refractivity contribution in [1.82, 2.24) is 9.21 Å². The largest absolute Gasteiger partial charge is 0.326 e. The maximum Gasteiger partial charge on any atom is 0.245 e. The number of halogens is 2. The van der Waals surface area contributed by atoms with Gasteiger partial charge in [-0.15, -0.1) is 0 Å². The molecule has 0 atom stereocenters. The fourth-order valence-electron chi connectivity index (χ4n) is 1.85. The number of nitrogens with two attached hydrogens (primary N) is 1. The molecule has 1 aromatic carbocycles. The highest BCUT2D eigenvalue weighted by Crippen LogP contribution is 2.25. The highest BCUT2D eigenvalue weighted by molar-refractivity contribution is 7.89. The topological polar surface area (TPSA) is 66.6 Å². The molecule has 0 aliphatic carbocycles. The summed E-state index contributed by atoms with van der Waals surface area (Å²) in [5.41, 5.74) is 5.49. The molecule has 0 bridgehead atoms. The molecular formula is C13H21ClFN3O2S. The third-order valence-electron chi connectivity index (χ3n) is 3.07. The summed E-state index contributed by atoms with van der Waals surface area (Å²) in [5, 5.41) is 0.150. The number of hydrogen-bond acceptors (Lipinski definition) is 4. The van der Waals surface area contributed by atoms with Crippen LogP contribution >= 0.6 is 11.6 Å². The molecule has 5 nitrogen and oxygen atoms in total. The molecule has 0 aromatic heterocycles. The Balaban J connectivity index is 3.05.